The van der Waals surface area contributed by atoms with Crippen molar-refractivity contribution in [3.63, 3.8) is 0 Å². The Kier molecular flexibility index (Phi) is 7.63. The smallest absolute Gasteiger partial charge is 0.244 e. The van der Waals surface area contributed by atoms with Crippen molar-refractivity contribution in [1.82, 2.24) is 9.29 Å². The zero-order valence-corrected chi connectivity index (χ0v) is 18.5. The molecule has 6 nitrogen and oxygen atoms in total. The van der Waals surface area contributed by atoms with Crippen molar-refractivity contribution in [2.45, 2.75) is 48.3 Å². The maximum atomic E-state index is 12.6. The van der Waals surface area contributed by atoms with E-state index in [9.17, 15) is 13.2 Å². The van der Waals surface area contributed by atoms with E-state index >= 15 is 0 Å². The van der Waals surface area contributed by atoms with Gasteiger partial charge in [0.1, 0.15) is 4.90 Å². The molecule has 0 aliphatic rings. The summed E-state index contributed by atoms with van der Waals surface area (Å²) in [4.78, 5) is 17.0. The molecule has 0 fully saturated rings. The van der Waals surface area contributed by atoms with Gasteiger partial charge in [-0.1, -0.05) is 43.8 Å². The standard InChI is InChI=1S/C20H27N3O3S2/c1-6-14(2)17-9-7-8-10-18(17)22-20(24)15(3)27-19-12-11-16(13-21-19)28(25,26)23(4)5/h7-15H,6H2,1-5H3,(H,22,24)/t14-,15-/m0/s1. The fourth-order valence-corrected chi connectivity index (χ4v) is 4.17. The number of hydrogen-bond donors (Lipinski definition) is 1. The van der Waals surface area contributed by atoms with Crippen LogP contribution < -0.4 is 5.32 Å². The van der Waals surface area contributed by atoms with Crippen molar-refractivity contribution in [1.29, 1.82) is 0 Å². The molecule has 0 aliphatic carbocycles. The fourth-order valence-electron chi connectivity index (χ4n) is 2.53. The average Bonchev–Trinajstić information content (AvgIpc) is 2.68. The molecule has 2 aromatic rings. The number of hydrogen-bond acceptors (Lipinski definition) is 5. The zero-order chi connectivity index (χ0) is 20.9. The molecule has 8 heteroatoms. The van der Waals surface area contributed by atoms with Crippen LogP contribution >= 0.6 is 11.8 Å². The number of pyridine rings is 1. The summed E-state index contributed by atoms with van der Waals surface area (Å²) < 4.78 is 25.3. The van der Waals surface area contributed by atoms with Gasteiger partial charge in [-0.2, -0.15) is 0 Å². The monoisotopic (exact) mass is 421 g/mol. The molecule has 0 unspecified atom stereocenters. The van der Waals surface area contributed by atoms with Gasteiger partial charge in [0.05, 0.1) is 10.3 Å². The minimum atomic E-state index is -3.51. The Morgan fingerprint density at radius 1 is 1.18 bits per heavy atom. The van der Waals surface area contributed by atoms with Crippen LogP contribution in [0.2, 0.25) is 0 Å². The van der Waals surface area contributed by atoms with Crippen molar-refractivity contribution < 1.29 is 13.2 Å². The lowest BCUT2D eigenvalue weighted by atomic mass is 9.97. The summed E-state index contributed by atoms with van der Waals surface area (Å²) in [6.07, 6.45) is 2.31. The van der Waals surface area contributed by atoms with Crippen LogP contribution in [0.3, 0.4) is 0 Å². The third-order valence-corrected chi connectivity index (χ3v) is 7.37. The molecule has 0 aliphatic heterocycles. The van der Waals surface area contributed by atoms with E-state index in [0.29, 0.717) is 10.9 Å². The van der Waals surface area contributed by atoms with E-state index in [0.717, 1.165) is 22.0 Å². The molecule has 0 saturated heterocycles. The molecule has 2 atom stereocenters. The van der Waals surface area contributed by atoms with E-state index < -0.39 is 10.0 Å². The highest BCUT2D eigenvalue weighted by molar-refractivity contribution is 8.00. The summed E-state index contributed by atoms with van der Waals surface area (Å²) in [5.41, 5.74) is 1.95. The molecule has 1 heterocycles. The minimum Gasteiger partial charge on any atom is -0.325 e. The summed E-state index contributed by atoms with van der Waals surface area (Å²) in [5, 5.41) is 3.22. The Labute approximate surface area is 171 Å². The molecule has 1 aromatic carbocycles. The molecule has 0 spiro atoms. The predicted octanol–water partition coefficient (Wildman–Crippen LogP) is 3.96. The third kappa shape index (κ3) is 5.33. The number of para-hydroxylation sites is 1. The number of carbonyl (C=O) groups excluding carboxylic acids is 1. The minimum absolute atomic E-state index is 0.118. The van der Waals surface area contributed by atoms with Crippen LogP contribution in [-0.2, 0) is 14.8 Å². The molecule has 1 amide bonds. The second-order valence-corrected chi connectivity index (χ2v) is 10.3. The summed E-state index contributed by atoms with van der Waals surface area (Å²) in [5.74, 6) is 0.236. The number of nitrogens with zero attached hydrogens (tertiary/aromatic N) is 2. The van der Waals surface area contributed by atoms with Crippen LogP contribution in [0.25, 0.3) is 0 Å². The lowest BCUT2D eigenvalue weighted by Gasteiger charge is -2.17. The van der Waals surface area contributed by atoms with Gasteiger partial charge in [-0.3, -0.25) is 4.79 Å². The van der Waals surface area contributed by atoms with E-state index in [1.54, 1.807) is 13.0 Å². The topological polar surface area (TPSA) is 79.4 Å². The molecule has 1 N–H and O–H groups in total. The van der Waals surface area contributed by atoms with Crippen molar-refractivity contribution >= 4 is 33.4 Å². The molecular weight excluding hydrogens is 394 g/mol. The Hall–Kier alpha value is -1.90. The first-order chi connectivity index (χ1) is 13.2. The predicted molar refractivity (Wildman–Crippen MR) is 114 cm³/mol. The Bertz CT molecular complexity index is 913. The lowest BCUT2D eigenvalue weighted by Crippen LogP contribution is -2.23. The summed E-state index contributed by atoms with van der Waals surface area (Å²) in [6, 6.07) is 11.0. The maximum Gasteiger partial charge on any atom is 0.244 e. The van der Waals surface area contributed by atoms with Crippen molar-refractivity contribution in [2.75, 3.05) is 19.4 Å². The summed E-state index contributed by atoms with van der Waals surface area (Å²) >= 11 is 1.29. The molecule has 1 aromatic heterocycles. The van der Waals surface area contributed by atoms with E-state index in [1.807, 2.05) is 24.3 Å². The first-order valence-corrected chi connectivity index (χ1v) is 11.4. The van der Waals surface area contributed by atoms with Crippen LogP contribution in [0.1, 0.15) is 38.7 Å². The number of thioether (sulfide) groups is 1. The van der Waals surface area contributed by atoms with Crippen LogP contribution in [0, 0.1) is 0 Å². The largest absolute Gasteiger partial charge is 0.325 e. The third-order valence-electron chi connectivity index (χ3n) is 4.52. The average molecular weight is 422 g/mol. The van der Waals surface area contributed by atoms with Gasteiger partial charge in [0.2, 0.25) is 15.9 Å². The van der Waals surface area contributed by atoms with Gasteiger partial charge in [0.15, 0.2) is 0 Å². The number of sulfonamides is 1. The molecule has 2 rings (SSSR count). The second-order valence-electron chi connectivity index (χ2n) is 6.77. The lowest BCUT2D eigenvalue weighted by molar-refractivity contribution is -0.115. The van der Waals surface area contributed by atoms with E-state index in [1.165, 1.54) is 38.1 Å². The number of aromatic nitrogens is 1. The van der Waals surface area contributed by atoms with E-state index in [2.05, 4.69) is 24.1 Å². The van der Waals surface area contributed by atoms with Gasteiger partial charge >= 0.3 is 0 Å². The first-order valence-electron chi connectivity index (χ1n) is 9.11. The van der Waals surface area contributed by atoms with E-state index in [4.69, 9.17) is 0 Å². The Morgan fingerprint density at radius 2 is 1.86 bits per heavy atom. The highest BCUT2D eigenvalue weighted by Crippen LogP contribution is 2.28. The Balaban J connectivity index is 2.07. The van der Waals surface area contributed by atoms with Crippen molar-refractivity contribution in [3.8, 4) is 0 Å². The maximum absolute atomic E-state index is 12.6. The zero-order valence-electron chi connectivity index (χ0n) is 16.8. The van der Waals surface area contributed by atoms with Crippen molar-refractivity contribution in [3.05, 3.63) is 48.2 Å². The molecule has 0 bridgehead atoms. The van der Waals surface area contributed by atoms with Crippen LogP contribution in [0.5, 0.6) is 0 Å². The number of rotatable bonds is 8. The molecule has 0 saturated carbocycles. The number of nitrogens with one attached hydrogen (secondary N) is 1. The van der Waals surface area contributed by atoms with Gasteiger partial charge in [-0.25, -0.2) is 17.7 Å². The first kappa shape index (κ1) is 22.4. The van der Waals surface area contributed by atoms with Crippen molar-refractivity contribution in [2.24, 2.45) is 0 Å². The molecule has 28 heavy (non-hydrogen) atoms. The number of carbonyl (C=O) groups is 1. The van der Waals surface area contributed by atoms with Crippen LogP contribution in [-0.4, -0.2) is 43.0 Å². The highest BCUT2D eigenvalue weighted by atomic mass is 32.2. The number of benzene rings is 1. The van der Waals surface area contributed by atoms with E-state index in [-0.39, 0.29) is 16.1 Å². The highest BCUT2D eigenvalue weighted by Gasteiger charge is 2.20. The number of anilines is 1. The second kappa shape index (κ2) is 9.54. The van der Waals surface area contributed by atoms with Gasteiger partial charge in [0, 0.05) is 26.0 Å². The number of amides is 1. The molecule has 152 valence electrons. The van der Waals surface area contributed by atoms with Gasteiger partial charge in [-0.15, -0.1) is 0 Å². The van der Waals surface area contributed by atoms with Gasteiger partial charge in [-0.05, 0) is 43.0 Å². The fraction of sp³-hybridized carbons (Fsp3) is 0.400. The quantitative estimate of drug-likeness (QED) is 0.653. The van der Waals surface area contributed by atoms with Gasteiger partial charge < -0.3 is 5.32 Å². The normalized spacial score (nSPS) is 13.9. The molecule has 0 radical (unpaired) electrons. The SMILES string of the molecule is CC[C@H](C)c1ccccc1NC(=O)[C@H](C)Sc1ccc(S(=O)(=O)N(C)C)cn1. The Morgan fingerprint density at radius 3 is 2.43 bits per heavy atom. The molecular formula is C20H27N3O3S2. The van der Waals surface area contributed by atoms with Gasteiger partial charge in [0.25, 0.3) is 0 Å². The summed E-state index contributed by atoms with van der Waals surface area (Å²) in [6.45, 7) is 6.06. The summed E-state index contributed by atoms with van der Waals surface area (Å²) in [7, 11) is -0.565. The van der Waals surface area contributed by atoms with Crippen LogP contribution in [0.4, 0.5) is 5.69 Å². The van der Waals surface area contributed by atoms with Crippen LogP contribution in [0.15, 0.2) is 52.5 Å².